The van der Waals surface area contributed by atoms with Gasteiger partial charge in [-0.1, -0.05) is 0 Å². The van der Waals surface area contributed by atoms with Crippen molar-refractivity contribution in [1.82, 2.24) is 4.98 Å². The van der Waals surface area contributed by atoms with Crippen LogP contribution in [0, 0.1) is 6.92 Å². The molecule has 1 aromatic heterocycles. The summed E-state index contributed by atoms with van der Waals surface area (Å²) in [5.74, 6) is 0.496. The third kappa shape index (κ3) is 2.64. The highest BCUT2D eigenvalue weighted by Crippen LogP contribution is 2.28. The Morgan fingerprint density at radius 3 is 2.28 bits per heavy atom. The zero-order valence-electron chi connectivity index (χ0n) is 11.3. The molecule has 6 heteroatoms. The summed E-state index contributed by atoms with van der Waals surface area (Å²) in [5, 5.41) is 2.66. The van der Waals surface area contributed by atoms with Gasteiger partial charge in [0.2, 0.25) is 5.91 Å². The van der Waals surface area contributed by atoms with Gasteiger partial charge in [0, 0.05) is 25.6 Å². The highest BCUT2D eigenvalue weighted by molar-refractivity contribution is 6.02. The Labute approximate surface area is 107 Å². The summed E-state index contributed by atoms with van der Waals surface area (Å²) in [6, 6.07) is 0. The lowest BCUT2D eigenvalue weighted by molar-refractivity contribution is -0.114. The first-order valence-corrected chi connectivity index (χ1v) is 5.97. The Balaban J connectivity index is 3.31. The third-order valence-electron chi connectivity index (χ3n) is 2.86. The fourth-order valence-corrected chi connectivity index (χ4v) is 1.96. The van der Waals surface area contributed by atoms with E-state index in [0.29, 0.717) is 22.8 Å². The number of hydrogen-bond donors (Lipinski definition) is 3. The molecule has 1 heterocycles. The SMILES string of the molecule is CCN(CC)c1[nH]c(NC(C)=O)c(C)c1C(N)=O. The summed E-state index contributed by atoms with van der Waals surface area (Å²) in [4.78, 5) is 27.7. The van der Waals surface area contributed by atoms with Gasteiger partial charge in [-0.15, -0.1) is 0 Å². The first kappa shape index (κ1) is 14.1. The van der Waals surface area contributed by atoms with Crippen LogP contribution in [0.4, 0.5) is 11.6 Å². The Kier molecular flexibility index (Phi) is 4.36. The number of nitrogens with zero attached hydrogens (tertiary/aromatic N) is 1. The number of hydrogen-bond acceptors (Lipinski definition) is 3. The predicted molar refractivity (Wildman–Crippen MR) is 71.9 cm³/mol. The average molecular weight is 252 g/mol. The van der Waals surface area contributed by atoms with E-state index in [1.165, 1.54) is 6.92 Å². The normalized spacial score (nSPS) is 10.2. The Bertz CT molecular complexity index is 461. The zero-order chi connectivity index (χ0) is 13.9. The molecule has 0 unspecified atom stereocenters. The molecule has 1 rings (SSSR count). The van der Waals surface area contributed by atoms with Gasteiger partial charge in [0.05, 0.1) is 5.56 Å². The van der Waals surface area contributed by atoms with E-state index in [4.69, 9.17) is 5.73 Å². The summed E-state index contributed by atoms with van der Waals surface area (Å²) in [5.41, 5.74) is 6.51. The van der Waals surface area contributed by atoms with Crippen molar-refractivity contribution in [1.29, 1.82) is 0 Å². The van der Waals surface area contributed by atoms with E-state index in [0.717, 1.165) is 13.1 Å². The number of rotatable bonds is 5. The molecule has 0 aliphatic carbocycles. The fourth-order valence-electron chi connectivity index (χ4n) is 1.96. The number of aromatic amines is 1. The summed E-state index contributed by atoms with van der Waals surface area (Å²) in [7, 11) is 0. The number of amides is 2. The van der Waals surface area contributed by atoms with Gasteiger partial charge in [0.1, 0.15) is 11.6 Å². The van der Waals surface area contributed by atoms with Crippen molar-refractivity contribution in [3.05, 3.63) is 11.1 Å². The maximum absolute atomic E-state index is 11.5. The molecule has 0 aromatic carbocycles. The molecule has 2 amide bonds. The summed E-state index contributed by atoms with van der Waals surface area (Å²) in [6.07, 6.45) is 0. The number of primary amides is 1. The van der Waals surface area contributed by atoms with Crippen molar-refractivity contribution in [2.24, 2.45) is 5.73 Å². The summed E-state index contributed by atoms with van der Waals surface area (Å²) < 4.78 is 0. The molecule has 0 fully saturated rings. The molecule has 1 aromatic rings. The minimum Gasteiger partial charge on any atom is -0.365 e. The van der Waals surface area contributed by atoms with Crippen LogP contribution in [-0.2, 0) is 4.79 Å². The first-order valence-electron chi connectivity index (χ1n) is 5.97. The Morgan fingerprint density at radius 1 is 1.33 bits per heavy atom. The second-order valence-electron chi connectivity index (χ2n) is 4.07. The molecule has 0 aliphatic rings. The van der Waals surface area contributed by atoms with E-state index in [9.17, 15) is 9.59 Å². The molecular formula is C12H20N4O2. The number of carbonyl (C=O) groups excluding carboxylic acids is 2. The fraction of sp³-hybridized carbons (Fsp3) is 0.500. The molecule has 0 aliphatic heterocycles. The lowest BCUT2D eigenvalue weighted by atomic mass is 10.1. The minimum atomic E-state index is -0.498. The highest BCUT2D eigenvalue weighted by Gasteiger charge is 2.21. The summed E-state index contributed by atoms with van der Waals surface area (Å²) >= 11 is 0. The Hall–Kier alpha value is -1.98. The van der Waals surface area contributed by atoms with Crippen LogP contribution < -0.4 is 16.0 Å². The predicted octanol–water partition coefficient (Wildman–Crippen LogP) is 1.23. The topological polar surface area (TPSA) is 91.2 Å². The number of aromatic nitrogens is 1. The van der Waals surface area contributed by atoms with Crippen molar-refractivity contribution < 1.29 is 9.59 Å². The van der Waals surface area contributed by atoms with Crippen molar-refractivity contribution in [3.63, 3.8) is 0 Å². The van der Waals surface area contributed by atoms with Crippen molar-refractivity contribution in [3.8, 4) is 0 Å². The van der Waals surface area contributed by atoms with Crippen LogP contribution in [0.1, 0.15) is 36.7 Å². The molecule has 18 heavy (non-hydrogen) atoms. The number of nitrogens with two attached hydrogens (primary N) is 1. The number of nitrogens with one attached hydrogen (secondary N) is 2. The first-order chi connectivity index (χ1) is 8.42. The van der Waals surface area contributed by atoms with Crippen molar-refractivity contribution in [2.75, 3.05) is 23.3 Å². The molecule has 0 radical (unpaired) electrons. The van der Waals surface area contributed by atoms with Gasteiger partial charge in [-0.3, -0.25) is 9.59 Å². The maximum atomic E-state index is 11.5. The molecule has 4 N–H and O–H groups in total. The number of anilines is 2. The van der Waals surface area contributed by atoms with Gasteiger partial charge >= 0.3 is 0 Å². The lowest BCUT2D eigenvalue weighted by Crippen LogP contribution is -2.25. The standard InChI is InChI=1S/C12H20N4O2/c1-5-16(6-2)12-9(10(13)18)7(3)11(15-12)14-8(4)17/h15H,5-6H2,1-4H3,(H2,13,18)(H,14,17). The van der Waals surface area contributed by atoms with Gasteiger partial charge in [-0.2, -0.15) is 0 Å². The number of carbonyl (C=O) groups is 2. The molecule has 6 nitrogen and oxygen atoms in total. The largest absolute Gasteiger partial charge is 0.365 e. The molecule has 0 saturated heterocycles. The van der Waals surface area contributed by atoms with E-state index in [1.54, 1.807) is 6.92 Å². The second-order valence-corrected chi connectivity index (χ2v) is 4.07. The van der Waals surface area contributed by atoms with Crippen LogP contribution in [0.3, 0.4) is 0 Å². The molecule has 0 saturated carbocycles. The monoisotopic (exact) mass is 252 g/mol. The van der Waals surface area contributed by atoms with Crippen LogP contribution in [0.15, 0.2) is 0 Å². The second kappa shape index (κ2) is 5.57. The van der Waals surface area contributed by atoms with E-state index in [-0.39, 0.29) is 5.91 Å². The van der Waals surface area contributed by atoms with Crippen LogP contribution in [-0.4, -0.2) is 29.9 Å². The van der Waals surface area contributed by atoms with E-state index in [1.807, 2.05) is 18.7 Å². The van der Waals surface area contributed by atoms with E-state index in [2.05, 4.69) is 10.3 Å². The number of H-pyrrole nitrogens is 1. The van der Waals surface area contributed by atoms with E-state index < -0.39 is 5.91 Å². The molecular weight excluding hydrogens is 232 g/mol. The average Bonchev–Trinajstić information content (AvgIpc) is 2.57. The van der Waals surface area contributed by atoms with E-state index >= 15 is 0 Å². The van der Waals surface area contributed by atoms with Gasteiger partial charge in [0.15, 0.2) is 0 Å². The van der Waals surface area contributed by atoms with Crippen LogP contribution in [0.5, 0.6) is 0 Å². The van der Waals surface area contributed by atoms with Crippen LogP contribution >= 0.6 is 0 Å². The van der Waals surface area contributed by atoms with Gasteiger partial charge in [-0.25, -0.2) is 0 Å². The molecule has 0 atom stereocenters. The smallest absolute Gasteiger partial charge is 0.252 e. The maximum Gasteiger partial charge on any atom is 0.252 e. The third-order valence-corrected chi connectivity index (χ3v) is 2.86. The van der Waals surface area contributed by atoms with Crippen LogP contribution in [0.25, 0.3) is 0 Å². The molecule has 100 valence electrons. The van der Waals surface area contributed by atoms with Crippen LogP contribution in [0.2, 0.25) is 0 Å². The minimum absolute atomic E-state index is 0.193. The quantitative estimate of drug-likeness (QED) is 0.736. The zero-order valence-corrected chi connectivity index (χ0v) is 11.3. The molecule has 0 spiro atoms. The summed E-state index contributed by atoms with van der Waals surface area (Å²) in [6.45, 7) is 8.65. The van der Waals surface area contributed by atoms with Crippen molar-refractivity contribution >= 4 is 23.5 Å². The van der Waals surface area contributed by atoms with Gasteiger partial charge in [-0.05, 0) is 20.8 Å². The highest BCUT2D eigenvalue weighted by atomic mass is 16.1. The Morgan fingerprint density at radius 2 is 1.89 bits per heavy atom. The lowest BCUT2D eigenvalue weighted by Gasteiger charge is -2.20. The van der Waals surface area contributed by atoms with Gasteiger partial charge in [0.25, 0.3) is 5.91 Å². The van der Waals surface area contributed by atoms with Gasteiger partial charge < -0.3 is 20.9 Å². The van der Waals surface area contributed by atoms with Crippen molar-refractivity contribution in [2.45, 2.75) is 27.7 Å². The molecule has 0 bridgehead atoms.